The van der Waals surface area contributed by atoms with Gasteiger partial charge in [0.1, 0.15) is 12.1 Å². The molecule has 0 bridgehead atoms. The van der Waals surface area contributed by atoms with Gasteiger partial charge in [0.25, 0.3) is 0 Å². The van der Waals surface area contributed by atoms with Crippen LogP contribution in [0.5, 0.6) is 0 Å². The van der Waals surface area contributed by atoms with Gasteiger partial charge in [-0.05, 0) is 42.4 Å². The Morgan fingerprint density at radius 2 is 1.76 bits per heavy atom. The maximum absolute atomic E-state index is 13.9. The van der Waals surface area contributed by atoms with Crippen LogP contribution in [0.25, 0.3) is 11.0 Å². The fourth-order valence-electron chi connectivity index (χ4n) is 7.07. The number of nitrogens with zero attached hydrogens (tertiary/aromatic N) is 3. The first-order chi connectivity index (χ1) is 24.0. The van der Waals surface area contributed by atoms with E-state index >= 15 is 0 Å². The summed E-state index contributed by atoms with van der Waals surface area (Å²) in [5, 5.41) is 26.5. The highest BCUT2D eigenvalue weighted by molar-refractivity contribution is 5.89. The van der Waals surface area contributed by atoms with Gasteiger partial charge >= 0.3 is 5.91 Å². The third-order valence-corrected chi connectivity index (χ3v) is 9.98. The first kappa shape index (κ1) is 38.8. The van der Waals surface area contributed by atoms with Crippen LogP contribution in [0.3, 0.4) is 0 Å². The second kappa shape index (κ2) is 19.4. The number of carbonyl (C=O) groups is 3. The van der Waals surface area contributed by atoms with Crippen LogP contribution < -0.4 is 10.6 Å². The Morgan fingerprint density at radius 3 is 2.46 bits per heavy atom. The largest absolute Gasteiger partial charge is 0.390 e. The summed E-state index contributed by atoms with van der Waals surface area (Å²) in [5.41, 5.74) is 2.77. The third kappa shape index (κ3) is 11.5. The molecule has 0 spiro atoms. The number of amides is 3. The minimum Gasteiger partial charge on any atom is -0.390 e. The highest BCUT2D eigenvalue weighted by Gasteiger charge is 2.37. The number of terminal acetylenes is 1. The van der Waals surface area contributed by atoms with Crippen LogP contribution in [0.15, 0.2) is 60.9 Å². The summed E-state index contributed by atoms with van der Waals surface area (Å²) in [5.74, 6) is 1.31. The number of primary amides is 1. The minimum absolute atomic E-state index is 0.0351. The number of fused-ring (bicyclic) bond motifs is 1. The minimum atomic E-state index is -1.11. The average Bonchev–Trinajstić information content (AvgIpc) is 3.53. The van der Waals surface area contributed by atoms with Crippen LogP contribution in [0, 0.1) is 30.1 Å². The molecule has 3 amide bonds. The summed E-state index contributed by atoms with van der Waals surface area (Å²) in [6.07, 6.45) is 12.1. The number of hydrogen-bond donors (Lipinski definition) is 4. The Morgan fingerprint density at radius 1 is 1.06 bits per heavy atom. The van der Waals surface area contributed by atoms with Gasteiger partial charge in [-0.3, -0.25) is 14.9 Å². The van der Waals surface area contributed by atoms with Gasteiger partial charge in [0.15, 0.2) is 6.04 Å². The van der Waals surface area contributed by atoms with Gasteiger partial charge < -0.3 is 25.0 Å². The zero-order valence-electron chi connectivity index (χ0n) is 29.9. The molecule has 1 heterocycles. The molecule has 0 aliphatic heterocycles. The van der Waals surface area contributed by atoms with E-state index in [1.54, 1.807) is 18.3 Å². The van der Waals surface area contributed by atoms with Crippen molar-refractivity contribution in [1.29, 1.82) is 0 Å². The van der Waals surface area contributed by atoms with Crippen molar-refractivity contribution in [2.45, 2.75) is 109 Å². The summed E-state index contributed by atoms with van der Waals surface area (Å²) in [4.78, 5) is 47.3. The van der Waals surface area contributed by atoms with E-state index < -0.39 is 36.1 Å². The number of imidazole rings is 1. The summed E-state index contributed by atoms with van der Waals surface area (Å²) < 4.78 is 2.00. The lowest BCUT2D eigenvalue weighted by Crippen LogP contribution is -2.98. The van der Waals surface area contributed by atoms with Crippen molar-refractivity contribution < 1.29 is 29.9 Å². The molecule has 1 aliphatic carbocycles. The summed E-state index contributed by atoms with van der Waals surface area (Å²) >= 11 is 0. The Hall–Kier alpha value is -4.04. The molecule has 10 nitrogen and oxygen atoms in total. The Kier molecular flexibility index (Phi) is 15.0. The van der Waals surface area contributed by atoms with Crippen LogP contribution in [0.4, 0.5) is 0 Å². The lowest BCUT2D eigenvalue weighted by molar-refractivity contribution is -0.620. The van der Waals surface area contributed by atoms with E-state index in [0.29, 0.717) is 38.3 Å². The molecule has 10 heteroatoms. The Labute approximate surface area is 297 Å². The van der Waals surface area contributed by atoms with Gasteiger partial charge in [-0.25, -0.2) is 9.78 Å². The number of nitrogens with one attached hydrogen (secondary N) is 1. The number of likely N-dealkylation sites (N-methyl/N-ethyl adjacent to an activating group) is 1. The van der Waals surface area contributed by atoms with Crippen LogP contribution in [-0.4, -0.2) is 80.3 Å². The number of hydrogen-bond acceptors (Lipinski definition) is 6. The average molecular weight is 687 g/mol. The predicted molar refractivity (Wildman–Crippen MR) is 194 cm³/mol. The van der Waals surface area contributed by atoms with Gasteiger partial charge in [-0.15, -0.1) is 12.3 Å². The molecule has 1 aliphatic rings. The second-order valence-electron chi connectivity index (χ2n) is 14.5. The summed E-state index contributed by atoms with van der Waals surface area (Å²) in [6, 6.07) is 15.7. The van der Waals surface area contributed by atoms with Crippen molar-refractivity contribution in [3.8, 4) is 12.3 Å². The highest BCUT2D eigenvalue weighted by atomic mass is 16.3. The second-order valence-corrected chi connectivity index (χ2v) is 14.5. The standard InChI is InChI=1S/C40H55N5O5/c1-5-14-33(40(50)43-34(25-30-17-10-7-11-18-30)38(48)36(46)23-28(2)3)42-39(49)31(24-29-15-8-6-9-16-29)26-37(47)44(4)21-22-45-27-41-32-19-12-13-20-35(32)45/h1,6,8-9,12-13,15-16,19-20,27-28,30-31,33-34,36,38,46,48H,7,10-11,14,17-18,21-26H2,2-4H3,(H,42,49)(H,43,50)/p+1. The zero-order valence-corrected chi connectivity index (χ0v) is 29.9. The maximum Gasteiger partial charge on any atom is 0.334 e. The molecule has 0 saturated heterocycles. The molecule has 50 heavy (non-hydrogen) atoms. The predicted octanol–water partition coefficient (Wildman–Crippen LogP) is 3.45. The van der Waals surface area contributed by atoms with E-state index in [9.17, 15) is 24.6 Å². The fraction of sp³-hybridized carbons (Fsp3) is 0.550. The van der Waals surface area contributed by atoms with Crippen LogP contribution >= 0.6 is 0 Å². The van der Waals surface area contributed by atoms with E-state index in [-0.39, 0.29) is 30.6 Å². The molecule has 2 aromatic carbocycles. The van der Waals surface area contributed by atoms with Crippen molar-refractivity contribution in [1.82, 2.24) is 19.8 Å². The van der Waals surface area contributed by atoms with E-state index in [1.807, 2.05) is 73.0 Å². The first-order valence-corrected chi connectivity index (χ1v) is 18.2. The monoisotopic (exact) mass is 686 g/mol. The lowest BCUT2D eigenvalue weighted by Gasteiger charge is -2.30. The fourth-order valence-corrected chi connectivity index (χ4v) is 7.07. The number of benzene rings is 2. The van der Waals surface area contributed by atoms with Crippen molar-refractivity contribution in [3.05, 3.63) is 66.5 Å². The first-order valence-electron chi connectivity index (χ1n) is 18.2. The molecule has 5 unspecified atom stereocenters. The molecule has 1 aromatic heterocycles. The molecular formula is C40H56N5O5+. The van der Waals surface area contributed by atoms with E-state index in [0.717, 1.165) is 42.3 Å². The van der Waals surface area contributed by atoms with Crippen molar-refractivity contribution in [2.75, 3.05) is 13.6 Å². The van der Waals surface area contributed by atoms with Gasteiger partial charge in [0, 0.05) is 39.4 Å². The number of aliphatic hydroxyl groups excluding tert-OH is 2. The van der Waals surface area contributed by atoms with Crippen molar-refractivity contribution in [2.24, 2.45) is 17.8 Å². The lowest BCUT2D eigenvalue weighted by atomic mass is 9.82. The number of nitrogens with two attached hydrogens (primary N) is 1. The quantitative estimate of drug-likeness (QED) is 0.151. The van der Waals surface area contributed by atoms with E-state index in [2.05, 4.69) is 16.2 Å². The third-order valence-electron chi connectivity index (χ3n) is 9.98. The smallest absolute Gasteiger partial charge is 0.334 e. The topological polar surface area (TPSA) is 141 Å². The van der Waals surface area contributed by atoms with Crippen LogP contribution in [0.1, 0.15) is 77.2 Å². The molecule has 5 N–H and O–H groups in total. The van der Waals surface area contributed by atoms with Gasteiger partial charge in [-0.2, -0.15) is 0 Å². The maximum atomic E-state index is 13.9. The molecule has 270 valence electrons. The molecule has 0 radical (unpaired) electrons. The molecule has 4 rings (SSSR count). The summed E-state index contributed by atoms with van der Waals surface area (Å²) in [6.45, 7) is 4.94. The molecular weight excluding hydrogens is 630 g/mol. The highest BCUT2D eigenvalue weighted by Crippen LogP contribution is 2.28. The number of quaternary nitrogens is 1. The van der Waals surface area contributed by atoms with Crippen LogP contribution in [0.2, 0.25) is 0 Å². The van der Waals surface area contributed by atoms with Gasteiger partial charge in [-0.1, -0.05) is 88.4 Å². The number of para-hydroxylation sites is 2. The Bertz CT molecular complexity index is 1560. The molecule has 1 fully saturated rings. The van der Waals surface area contributed by atoms with E-state index in [4.69, 9.17) is 6.42 Å². The normalized spacial score (nSPS) is 16.7. The van der Waals surface area contributed by atoms with E-state index in [1.165, 1.54) is 11.7 Å². The Balaban J connectivity index is 1.45. The van der Waals surface area contributed by atoms with Crippen molar-refractivity contribution in [3.63, 3.8) is 0 Å². The molecule has 1 saturated carbocycles. The zero-order chi connectivity index (χ0) is 36.0. The summed E-state index contributed by atoms with van der Waals surface area (Å²) in [7, 11) is 1.73. The SMILES string of the molecule is C#CCC(NC(=O)C(CC(=O)N(C)CCn1cnc2ccccc21)Cc1ccccc1)C(=O)[NH2+]C(CC1CCCCC1)C(O)C(O)CC(C)C. The van der Waals surface area contributed by atoms with Gasteiger partial charge in [0.2, 0.25) is 11.8 Å². The van der Waals surface area contributed by atoms with Crippen molar-refractivity contribution >= 4 is 28.8 Å². The number of aromatic nitrogens is 2. The number of carbonyl (C=O) groups excluding carboxylic acids is 3. The van der Waals surface area contributed by atoms with Gasteiger partial charge in [0.05, 0.1) is 29.4 Å². The number of aliphatic hydroxyl groups is 2. The molecule has 3 aromatic rings. The number of rotatable bonds is 18. The van der Waals surface area contributed by atoms with Crippen LogP contribution in [-0.2, 0) is 27.3 Å². The molecule has 5 atom stereocenters.